The fraction of sp³-hybridized carbons (Fsp3) is 0.263. The molecule has 0 aliphatic heterocycles. The topological polar surface area (TPSA) is 128 Å². The molecule has 1 heterocycles. The van der Waals surface area contributed by atoms with Gasteiger partial charge in [-0.25, -0.2) is 18.5 Å². The molecule has 0 spiro atoms. The standard InChI is InChI=1S/C19H23N5O4S/c1-4-8-21-18-14-10-16(27-2)17(28-3)11-15(14)23-19(24-18)22-12-6-5-7-13(9-12)29(20,25)26/h5-7,9-11H,4,8H2,1-3H3,(H2,20,25,26)(H2,21,22,23,24). The van der Waals surface area contributed by atoms with Crippen molar-refractivity contribution in [3.05, 3.63) is 36.4 Å². The van der Waals surface area contributed by atoms with Gasteiger partial charge < -0.3 is 20.1 Å². The predicted molar refractivity (Wildman–Crippen MR) is 113 cm³/mol. The quantitative estimate of drug-likeness (QED) is 0.510. The number of nitrogens with one attached hydrogen (secondary N) is 2. The van der Waals surface area contributed by atoms with Crippen molar-refractivity contribution in [2.45, 2.75) is 18.2 Å². The third-order valence-electron chi connectivity index (χ3n) is 4.16. The fourth-order valence-corrected chi connectivity index (χ4v) is 3.33. The summed E-state index contributed by atoms with van der Waals surface area (Å²) in [5.74, 6) is 2.05. The summed E-state index contributed by atoms with van der Waals surface area (Å²) in [5, 5.41) is 12.3. The first-order valence-electron chi connectivity index (χ1n) is 8.93. The van der Waals surface area contributed by atoms with E-state index in [2.05, 4.69) is 27.5 Å². The molecule has 1 aromatic heterocycles. The van der Waals surface area contributed by atoms with Gasteiger partial charge in [-0.05, 0) is 30.7 Å². The van der Waals surface area contributed by atoms with Crippen LogP contribution in [0.4, 0.5) is 17.5 Å². The Morgan fingerprint density at radius 3 is 2.45 bits per heavy atom. The Bertz CT molecular complexity index is 1130. The van der Waals surface area contributed by atoms with Crippen LogP contribution in [-0.4, -0.2) is 39.2 Å². The number of methoxy groups -OCH3 is 2. The van der Waals surface area contributed by atoms with Gasteiger partial charge in [-0.3, -0.25) is 0 Å². The molecule has 2 aromatic carbocycles. The van der Waals surface area contributed by atoms with E-state index in [1.165, 1.54) is 12.1 Å². The molecule has 0 bridgehead atoms. The number of ether oxygens (including phenoxy) is 2. The number of hydrogen-bond acceptors (Lipinski definition) is 8. The number of rotatable bonds is 8. The molecule has 0 amide bonds. The Balaban J connectivity index is 2.08. The number of benzene rings is 2. The van der Waals surface area contributed by atoms with Gasteiger partial charge in [-0.15, -0.1) is 0 Å². The molecule has 0 saturated heterocycles. The molecule has 0 fully saturated rings. The minimum atomic E-state index is -3.81. The highest BCUT2D eigenvalue weighted by atomic mass is 32.2. The summed E-state index contributed by atoms with van der Waals surface area (Å²) in [6, 6.07) is 9.73. The number of hydrogen-bond donors (Lipinski definition) is 3. The highest BCUT2D eigenvalue weighted by Crippen LogP contribution is 2.35. The first-order valence-corrected chi connectivity index (χ1v) is 10.5. The predicted octanol–water partition coefficient (Wildman–Crippen LogP) is 2.86. The number of primary sulfonamides is 1. The van der Waals surface area contributed by atoms with Crippen molar-refractivity contribution in [2.75, 3.05) is 31.4 Å². The summed E-state index contributed by atoms with van der Waals surface area (Å²) in [5.41, 5.74) is 1.14. The molecule has 0 atom stereocenters. The van der Waals surface area contributed by atoms with E-state index >= 15 is 0 Å². The second-order valence-electron chi connectivity index (χ2n) is 6.24. The molecule has 0 radical (unpaired) electrons. The number of aromatic nitrogens is 2. The summed E-state index contributed by atoms with van der Waals surface area (Å²) in [6.45, 7) is 2.78. The Hall–Kier alpha value is -3.11. The fourth-order valence-electron chi connectivity index (χ4n) is 2.77. The van der Waals surface area contributed by atoms with Crippen molar-refractivity contribution in [3.8, 4) is 11.5 Å². The first-order chi connectivity index (χ1) is 13.9. The molecule has 0 saturated carbocycles. The van der Waals surface area contributed by atoms with Crippen LogP contribution in [0, 0.1) is 0 Å². The number of sulfonamides is 1. The average Bonchev–Trinajstić information content (AvgIpc) is 2.70. The normalized spacial score (nSPS) is 11.3. The van der Waals surface area contributed by atoms with Crippen LogP contribution in [0.3, 0.4) is 0 Å². The average molecular weight is 417 g/mol. The Kier molecular flexibility index (Phi) is 6.04. The van der Waals surface area contributed by atoms with E-state index in [9.17, 15) is 8.42 Å². The molecule has 0 aliphatic rings. The highest BCUT2D eigenvalue weighted by Gasteiger charge is 2.14. The molecule has 9 nitrogen and oxygen atoms in total. The van der Waals surface area contributed by atoms with Gasteiger partial charge in [0, 0.05) is 23.7 Å². The molecule has 0 aliphatic carbocycles. The van der Waals surface area contributed by atoms with E-state index in [0.29, 0.717) is 34.5 Å². The third kappa shape index (κ3) is 4.66. The van der Waals surface area contributed by atoms with Crippen LogP contribution >= 0.6 is 0 Å². The Labute approximate surface area is 169 Å². The number of anilines is 3. The van der Waals surface area contributed by atoms with Gasteiger partial charge in [-0.1, -0.05) is 13.0 Å². The number of nitrogens with zero attached hydrogens (tertiary/aromatic N) is 2. The molecule has 4 N–H and O–H groups in total. The monoisotopic (exact) mass is 417 g/mol. The maximum Gasteiger partial charge on any atom is 0.238 e. The molecule has 29 heavy (non-hydrogen) atoms. The van der Waals surface area contributed by atoms with E-state index in [4.69, 9.17) is 14.6 Å². The van der Waals surface area contributed by atoms with E-state index < -0.39 is 10.0 Å². The lowest BCUT2D eigenvalue weighted by Gasteiger charge is -2.14. The molecular formula is C19H23N5O4S. The van der Waals surface area contributed by atoms with Crippen LogP contribution < -0.4 is 25.2 Å². The summed E-state index contributed by atoms with van der Waals surface area (Å²) in [4.78, 5) is 9.08. The van der Waals surface area contributed by atoms with E-state index in [1.807, 2.05) is 6.07 Å². The van der Waals surface area contributed by atoms with Crippen molar-refractivity contribution in [3.63, 3.8) is 0 Å². The van der Waals surface area contributed by atoms with Crippen LogP contribution in [0.2, 0.25) is 0 Å². The van der Waals surface area contributed by atoms with Gasteiger partial charge in [0.25, 0.3) is 0 Å². The van der Waals surface area contributed by atoms with Gasteiger partial charge >= 0.3 is 0 Å². The van der Waals surface area contributed by atoms with Crippen LogP contribution in [0.1, 0.15) is 13.3 Å². The highest BCUT2D eigenvalue weighted by molar-refractivity contribution is 7.89. The lowest BCUT2D eigenvalue weighted by Crippen LogP contribution is -2.12. The molecule has 3 aromatic rings. The minimum Gasteiger partial charge on any atom is -0.493 e. The van der Waals surface area contributed by atoms with E-state index in [1.54, 1.807) is 32.4 Å². The van der Waals surface area contributed by atoms with Gasteiger partial charge in [0.1, 0.15) is 5.82 Å². The van der Waals surface area contributed by atoms with Crippen molar-refractivity contribution in [1.29, 1.82) is 0 Å². The first kappa shape index (κ1) is 20.6. The van der Waals surface area contributed by atoms with E-state index in [0.717, 1.165) is 18.4 Å². The summed E-state index contributed by atoms with van der Waals surface area (Å²) < 4.78 is 33.9. The van der Waals surface area contributed by atoms with Crippen molar-refractivity contribution < 1.29 is 17.9 Å². The smallest absolute Gasteiger partial charge is 0.238 e. The Morgan fingerprint density at radius 1 is 1.07 bits per heavy atom. The maximum absolute atomic E-state index is 11.6. The zero-order chi connectivity index (χ0) is 21.0. The summed E-state index contributed by atoms with van der Waals surface area (Å²) in [6.07, 6.45) is 0.915. The SMILES string of the molecule is CCCNc1nc(Nc2cccc(S(N)(=O)=O)c2)nc2cc(OC)c(OC)cc12. The van der Waals surface area contributed by atoms with Gasteiger partial charge in [-0.2, -0.15) is 4.98 Å². The van der Waals surface area contributed by atoms with Gasteiger partial charge in [0.15, 0.2) is 11.5 Å². The maximum atomic E-state index is 11.6. The molecule has 3 rings (SSSR count). The van der Waals surface area contributed by atoms with Gasteiger partial charge in [0.05, 0.1) is 24.6 Å². The lowest BCUT2D eigenvalue weighted by molar-refractivity contribution is 0.356. The summed E-state index contributed by atoms with van der Waals surface area (Å²) in [7, 11) is -0.691. The Morgan fingerprint density at radius 2 is 1.79 bits per heavy atom. The number of fused-ring (bicyclic) bond motifs is 1. The number of nitrogens with two attached hydrogens (primary N) is 1. The summed E-state index contributed by atoms with van der Waals surface area (Å²) >= 11 is 0. The van der Waals surface area contributed by atoms with Crippen LogP contribution in [-0.2, 0) is 10.0 Å². The van der Waals surface area contributed by atoms with Crippen LogP contribution in [0.25, 0.3) is 10.9 Å². The minimum absolute atomic E-state index is 0.000902. The molecular weight excluding hydrogens is 394 g/mol. The van der Waals surface area contributed by atoms with Crippen molar-refractivity contribution in [1.82, 2.24) is 9.97 Å². The molecule has 10 heteroatoms. The zero-order valence-corrected chi connectivity index (χ0v) is 17.2. The zero-order valence-electron chi connectivity index (χ0n) is 16.4. The van der Waals surface area contributed by atoms with Crippen LogP contribution in [0.5, 0.6) is 11.5 Å². The van der Waals surface area contributed by atoms with Crippen molar-refractivity contribution >= 4 is 38.4 Å². The second-order valence-corrected chi connectivity index (χ2v) is 7.81. The van der Waals surface area contributed by atoms with Crippen LogP contribution in [0.15, 0.2) is 41.3 Å². The molecule has 0 unspecified atom stereocenters. The largest absolute Gasteiger partial charge is 0.493 e. The lowest BCUT2D eigenvalue weighted by atomic mass is 10.2. The second kappa shape index (κ2) is 8.50. The third-order valence-corrected chi connectivity index (χ3v) is 5.07. The van der Waals surface area contributed by atoms with Crippen molar-refractivity contribution in [2.24, 2.45) is 5.14 Å². The van der Waals surface area contributed by atoms with Gasteiger partial charge in [0.2, 0.25) is 16.0 Å². The molecule has 154 valence electrons. The van der Waals surface area contributed by atoms with E-state index in [-0.39, 0.29) is 4.90 Å².